The zero-order valence-electron chi connectivity index (χ0n) is 45.2. The molecule has 0 saturated heterocycles. The van der Waals surface area contributed by atoms with E-state index >= 15 is 0 Å². The SMILES string of the molecule is CC/C=C\C/C=C\C/C=C\C/C=C\C/C=C\C/C=C\C/C=C\CCCCCCCC(=O)OC(CO)COC(=O)CCCCCCCCCCCCCCCCCC/C=C\C/C=C\C/C=C\C/C=C\CC. The van der Waals surface area contributed by atoms with E-state index in [1.807, 2.05) is 0 Å². The summed E-state index contributed by atoms with van der Waals surface area (Å²) in [6.45, 7) is 3.90. The first-order valence-corrected chi connectivity index (χ1v) is 28.7. The number of carbonyl (C=O) groups is 2. The van der Waals surface area contributed by atoms with Crippen molar-refractivity contribution in [3.05, 3.63) is 134 Å². The predicted molar refractivity (Wildman–Crippen MR) is 306 cm³/mol. The molecule has 0 saturated carbocycles. The largest absolute Gasteiger partial charge is 0.462 e. The second kappa shape index (κ2) is 59.3. The van der Waals surface area contributed by atoms with Gasteiger partial charge >= 0.3 is 11.9 Å². The van der Waals surface area contributed by atoms with E-state index in [1.165, 1.54) is 89.9 Å². The number of hydrogen-bond acceptors (Lipinski definition) is 5. The van der Waals surface area contributed by atoms with Crippen molar-refractivity contribution in [3.8, 4) is 0 Å². The first kappa shape index (κ1) is 66.0. The molecule has 1 unspecified atom stereocenters. The highest BCUT2D eigenvalue weighted by Crippen LogP contribution is 2.15. The fraction of sp³-hybridized carbons (Fsp3) is 0.631. The van der Waals surface area contributed by atoms with Crippen LogP contribution in [0.25, 0.3) is 0 Å². The summed E-state index contributed by atoms with van der Waals surface area (Å²) in [5.41, 5.74) is 0. The molecule has 0 radical (unpaired) electrons. The zero-order chi connectivity index (χ0) is 50.6. The summed E-state index contributed by atoms with van der Waals surface area (Å²) in [6.07, 6.45) is 88.5. The molecule has 0 aliphatic carbocycles. The van der Waals surface area contributed by atoms with E-state index < -0.39 is 6.10 Å². The molecule has 0 bridgehead atoms. The number of unbranched alkanes of at least 4 members (excludes halogenated alkanes) is 21. The summed E-state index contributed by atoms with van der Waals surface area (Å²) >= 11 is 0. The van der Waals surface area contributed by atoms with Gasteiger partial charge in [0.25, 0.3) is 0 Å². The van der Waals surface area contributed by atoms with Crippen molar-refractivity contribution < 1.29 is 24.2 Å². The van der Waals surface area contributed by atoms with Crippen LogP contribution in [0.1, 0.15) is 245 Å². The fourth-order valence-corrected chi connectivity index (χ4v) is 7.70. The van der Waals surface area contributed by atoms with Gasteiger partial charge in [-0.05, 0) is 109 Å². The molecule has 0 aromatic heterocycles. The molecule has 1 N–H and O–H groups in total. The lowest BCUT2D eigenvalue weighted by molar-refractivity contribution is -0.161. The van der Waals surface area contributed by atoms with Crippen LogP contribution < -0.4 is 0 Å². The molecule has 396 valence electrons. The van der Waals surface area contributed by atoms with Crippen molar-refractivity contribution in [3.63, 3.8) is 0 Å². The van der Waals surface area contributed by atoms with Gasteiger partial charge in [0.1, 0.15) is 6.61 Å². The summed E-state index contributed by atoms with van der Waals surface area (Å²) in [4.78, 5) is 24.5. The number of allylic oxidation sites excluding steroid dienone is 22. The molecule has 1 atom stereocenters. The minimum absolute atomic E-state index is 0.0809. The van der Waals surface area contributed by atoms with Crippen molar-refractivity contribution in [1.29, 1.82) is 0 Å². The number of ether oxygens (including phenoxy) is 2. The Morgan fingerprint density at radius 2 is 0.571 bits per heavy atom. The Kier molecular flexibility index (Phi) is 56.0. The molecule has 0 heterocycles. The van der Waals surface area contributed by atoms with Gasteiger partial charge in [-0.2, -0.15) is 0 Å². The second-order valence-electron chi connectivity index (χ2n) is 18.6. The van der Waals surface area contributed by atoms with Crippen LogP contribution in [0.4, 0.5) is 0 Å². The number of hydrogen-bond donors (Lipinski definition) is 1. The summed E-state index contributed by atoms with van der Waals surface area (Å²) in [7, 11) is 0. The third-order valence-corrected chi connectivity index (χ3v) is 11.9. The minimum Gasteiger partial charge on any atom is -0.462 e. The average Bonchev–Trinajstić information content (AvgIpc) is 3.36. The lowest BCUT2D eigenvalue weighted by Crippen LogP contribution is -2.28. The van der Waals surface area contributed by atoms with Crippen LogP contribution in [0.15, 0.2) is 134 Å². The Balaban J connectivity index is 3.56. The standard InChI is InChI=1S/C65H106O5/c1-3-5-7-9-11-13-15-17-19-21-23-25-27-29-31-32-34-35-37-39-41-43-45-47-49-51-53-55-57-59-64(67)69-62-63(61-66)70-65(68)60-58-56-54-52-50-48-46-44-42-40-38-36-33-30-28-26-24-22-20-18-16-14-12-10-8-6-4-2/h5-8,11-14,17-20,23-26,30,33,38,40,44,46,63,66H,3-4,9-10,15-16,21-22,27-29,31-32,34-37,39,41-43,45,47-62H2,1-2H3/b7-5-,8-6-,13-11-,14-12-,19-17-,20-18-,25-23-,26-24-,33-30-,40-38-,46-44-. The van der Waals surface area contributed by atoms with Gasteiger partial charge in [-0.25, -0.2) is 0 Å². The maximum absolute atomic E-state index is 12.3. The lowest BCUT2D eigenvalue weighted by Gasteiger charge is -2.15. The Morgan fingerprint density at radius 3 is 0.857 bits per heavy atom. The monoisotopic (exact) mass is 967 g/mol. The maximum atomic E-state index is 12.3. The van der Waals surface area contributed by atoms with Crippen LogP contribution in [0.2, 0.25) is 0 Å². The van der Waals surface area contributed by atoms with Gasteiger partial charge in [-0.3, -0.25) is 9.59 Å². The number of aliphatic hydroxyl groups excluding tert-OH is 1. The van der Waals surface area contributed by atoms with Crippen LogP contribution in [0, 0.1) is 0 Å². The van der Waals surface area contributed by atoms with Crippen molar-refractivity contribution in [2.45, 2.75) is 251 Å². The predicted octanol–water partition coefficient (Wildman–Crippen LogP) is 19.6. The fourth-order valence-electron chi connectivity index (χ4n) is 7.70. The first-order chi connectivity index (χ1) is 34.6. The molecule has 70 heavy (non-hydrogen) atoms. The normalized spacial score (nSPS) is 13.2. The van der Waals surface area contributed by atoms with Gasteiger partial charge in [0.05, 0.1) is 6.61 Å². The Labute approximate surface area is 432 Å². The van der Waals surface area contributed by atoms with Crippen LogP contribution in [-0.2, 0) is 19.1 Å². The molecule has 0 spiro atoms. The topological polar surface area (TPSA) is 72.8 Å². The van der Waals surface area contributed by atoms with Crippen molar-refractivity contribution in [2.24, 2.45) is 0 Å². The molecule has 5 heteroatoms. The van der Waals surface area contributed by atoms with E-state index in [0.29, 0.717) is 12.8 Å². The summed E-state index contributed by atoms with van der Waals surface area (Å²) in [6, 6.07) is 0. The third kappa shape index (κ3) is 56.6. The molecule has 0 aromatic rings. The average molecular weight is 968 g/mol. The third-order valence-electron chi connectivity index (χ3n) is 11.9. The second-order valence-corrected chi connectivity index (χ2v) is 18.6. The Hall–Kier alpha value is -3.96. The van der Waals surface area contributed by atoms with Gasteiger partial charge in [0, 0.05) is 12.8 Å². The molecule has 0 aliphatic heterocycles. The summed E-state index contributed by atoms with van der Waals surface area (Å²) < 4.78 is 10.7. The van der Waals surface area contributed by atoms with E-state index in [9.17, 15) is 14.7 Å². The maximum Gasteiger partial charge on any atom is 0.306 e. The number of rotatable bonds is 51. The molecule has 0 amide bonds. The molecule has 0 aliphatic rings. The summed E-state index contributed by atoms with van der Waals surface area (Å²) in [5.74, 6) is -0.617. The van der Waals surface area contributed by atoms with Gasteiger partial charge in [-0.15, -0.1) is 0 Å². The van der Waals surface area contributed by atoms with E-state index in [4.69, 9.17) is 9.47 Å². The quantitative estimate of drug-likeness (QED) is 0.0374. The highest BCUT2D eigenvalue weighted by atomic mass is 16.6. The highest BCUT2D eigenvalue weighted by Gasteiger charge is 2.16. The van der Waals surface area contributed by atoms with Crippen LogP contribution in [-0.4, -0.2) is 36.4 Å². The highest BCUT2D eigenvalue weighted by molar-refractivity contribution is 5.70. The van der Waals surface area contributed by atoms with Gasteiger partial charge in [-0.1, -0.05) is 257 Å². The van der Waals surface area contributed by atoms with E-state index in [2.05, 4.69) is 148 Å². The van der Waals surface area contributed by atoms with Crippen molar-refractivity contribution in [1.82, 2.24) is 0 Å². The zero-order valence-corrected chi connectivity index (χ0v) is 45.2. The van der Waals surface area contributed by atoms with E-state index in [1.54, 1.807) is 0 Å². The molecule has 0 rings (SSSR count). The van der Waals surface area contributed by atoms with E-state index in [-0.39, 0.29) is 25.2 Å². The van der Waals surface area contributed by atoms with Gasteiger partial charge in [0.15, 0.2) is 6.10 Å². The Bertz CT molecular complexity index is 1470. The smallest absolute Gasteiger partial charge is 0.306 e. The summed E-state index contributed by atoms with van der Waals surface area (Å²) in [5, 5.41) is 9.66. The molecular formula is C65H106O5. The number of aliphatic hydroxyl groups is 1. The lowest BCUT2D eigenvalue weighted by atomic mass is 10.0. The molecular weight excluding hydrogens is 861 g/mol. The molecule has 0 fully saturated rings. The number of esters is 2. The van der Waals surface area contributed by atoms with Crippen molar-refractivity contribution >= 4 is 11.9 Å². The molecule has 5 nitrogen and oxygen atoms in total. The molecule has 0 aromatic carbocycles. The van der Waals surface area contributed by atoms with Crippen molar-refractivity contribution in [2.75, 3.05) is 13.2 Å². The first-order valence-electron chi connectivity index (χ1n) is 28.7. The van der Waals surface area contributed by atoms with E-state index in [0.717, 1.165) is 128 Å². The number of carbonyl (C=O) groups excluding carboxylic acids is 2. The van der Waals surface area contributed by atoms with Crippen LogP contribution in [0.3, 0.4) is 0 Å². The van der Waals surface area contributed by atoms with Gasteiger partial charge < -0.3 is 14.6 Å². The van der Waals surface area contributed by atoms with Crippen LogP contribution in [0.5, 0.6) is 0 Å². The van der Waals surface area contributed by atoms with Gasteiger partial charge in [0.2, 0.25) is 0 Å². The van der Waals surface area contributed by atoms with Crippen LogP contribution >= 0.6 is 0 Å². The Morgan fingerprint density at radius 1 is 0.329 bits per heavy atom. The minimum atomic E-state index is -0.793.